The monoisotopic (exact) mass is 266 g/mol. The smallest absolute Gasteiger partial charge is 0.748 e. The first-order chi connectivity index (χ1) is 7.82. The van der Waals surface area contributed by atoms with Crippen molar-refractivity contribution in [1.29, 1.82) is 0 Å². The van der Waals surface area contributed by atoms with Gasteiger partial charge >= 0.3 is 30.8 Å². The zero-order valence-electron chi connectivity index (χ0n) is 10.0. The Balaban J connectivity index is 0.00000120. The Kier molecular flexibility index (Phi) is 3.18. The van der Waals surface area contributed by atoms with Crippen LogP contribution in [0.15, 0.2) is 0 Å². The zero-order valence-corrected chi connectivity index (χ0v) is 10.8. The summed E-state index contributed by atoms with van der Waals surface area (Å²) in [6, 6.07) is 0. The molecule has 6 unspecified atom stereocenters. The van der Waals surface area contributed by atoms with Crippen molar-refractivity contribution in [2.45, 2.75) is 18.6 Å². The van der Waals surface area contributed by atoms with E-state index in [4.69, 9.17) is 0 Å². The fourth-order valence-electron chi connectivity index (χ4n) is 3.97. The largest absolute Gasteiger partial charge is 1.00 e. The van der Waals surface area contributed by atoms with Crippen molar-refractivity contribution >= 4 is 22.1 Å². The molecule has 1 saturated heterocycles. The van der Waals surface area contributed by atoms with Gasteiger partial charge in [-0.15, -0.1) is 0 Å². The van der Waals surface area contributed by atoms with Crippen LogP contribution in [0.1, 0.15) is 13.3 Å². The van der Waals surface area contributed by atoms with Gasteiger partial charge in [-0.3, -0.25) is 9.59 Å². The molecule has 0 aromatic carbocycles. The first-order valence-electron chi connectivity index (χ1n) is 5.52. The van der Waals surface area contributed by atoms with Crippen molar-refractivity contribution in [3.05, 3.63) is 0 Å². The predicted octanol–water partition coefficient (Wildman–Crippen LogP) is -3.49. The molecule has 2 saturated carbocycles. The first kappa shape index (κ1) is 14.1. The van der Waals surface area contributed by atoms with Gasteiger partial charge in [0.2, 0.25) is 0 Å². The van der Waals surface area contributed by atoms with Gasteiger partial charge in [-0.25, -0.2) is 8.42 Å². The molecule has 0 radical (unpaired) electrons. The van der Waals surface area contributed by atoms with Crippen molar-refractivity contribution in [3.8, 4) is 0 Å². The van der Waals surface area contributed by atoms with Crippen molar-refractivity contribution in [2.24, 2.45) is 29.6 Å². The summed E-state index contributed by atoms with van der Waals surface area (Å²) >= 11 is 0. The fourth-order valence-corrected chi connectivity index (χ4v) is 5.23. The van der Waals surface area contributed by atoms with Gasteiger partial charge in [0.25, 0.3) is 0 Å². The van der Waals surface area contributed by atoms with E-state index in [1.54, 1.807) is 6.92 Å². The number of rotatable bonds is 1. The van der Waals surface area contributed by atoms with Gasteiger partial charge in [-0.2, -0.15) is 0 Å². The maximum atomic E-state index is 11.5. The van der Waals surface area contributed by atoms with E-state index in [0.29, 0.717) is 0 Å². The van der Waals surface area contributed by atoms with Crippen LogP contribution in [0.5, 0.6) is 0 Å². The van der Waals surface area contributed by atoms with Crippen LogP contribution in [0.4, 0.5) is 0 Å². The van der Waals surface area contributed by atoms with Crippen LogP contribution in [-0.2, 0) is 24.4 Å². The first-order valence-corrected chi connectivity index (χ1v) is 6.99. The molecule has 1 aliphatic heterocycles. The van der Waals surface area contributed by atoms with Gasteiger partial charge < -0.3 is 9.29 Å². The van der Waals surface area contributed by atoms with E-state index in [-0.39, 0.29) is 37.1 Å². The molecule has 18 heavy (non-hydrogen) atoms. The van der Waals surface area contributed by atoms with E-state index in [2.05, 4.69) is 4.74 Å². The normalized spacial score (nSPS) is 45.7. The van der Waals surface area contributed by atoms with E-state index in [1.807, 2.05) is 0 Å². The molecule has 0 aromatic rings. The summed E-state index contributed by atoms with van der Waals surface area (Å²) in [4.78, 5) is 23.0. The second-order valence-corrected chi connectivity index (χ2v) is 6.75. The molecule has 8 heteroatoms. The van der Waals surface area contributed by atoms with Crippen LogP contribution in [0.25, 0.3) is 0 Å². The van der Waals surface area contributed by atoms with Crippen molar-refractivity contribution in [2.75, 3.05) is 0 Å². The average Bonchev–Trinajstić information content (AvgIpc) is 2.77. The summed E-state index contributed by atoms with van der Waals surface area (Å²) in [5.41, 5.74) is 0. The molecule has 6 atom stereocenters. The summed E-state index contributed by atoms with van der Waals surface area (Å²) in [5.74, 6) is -3.31. The third-order valence-electron chi connectivity index (χ3n) is 4.60. The number of hydrogen-bond donors (Lipinski definition) is 0. The summed E-state index contributed by atoms with van der Waals surface area (Å²) in [5, 5.41) is -1.04. The molecule has 3 aliphatic rings. The second kappa shape index (κ2) is 4.07. The molecule has 0 spiro atoms. The maximum absolute atomic E-state index is 11.5. The number of esters is 2. The molecule has 0 N–H and O–H groups in total. The minimum absolute atomic E-state index is 0. The number of carbonyl (C=O) groups is 2. The van der Waals surface area contributed by atoms with E-state index < -0.39 is 45.1 Å². The summed E-state index contributed by atoms with van der Waals surface area (Å²) in [6.07, 6.45) is 0.182. The third kappa shape index (κ3) is 1.61. The molecule has 1 heterocycles. The minimum Gasteiger partial charge on any atom is -0.748 e. The molecular formula is C10H11LiO6S. The van der Waals surface area contributed by atoms with Crippen LogP contribution >= 0.6 is 0 Å². The Morgan fingerprint density at radius 3 is 2.33 bits per heavy atom. The molecule has 2 aliphatic carbocycles. The number of cyclic esters (lactones) is 2. The van der Waals surface area contributed by atoms with E-state index in [0.717, 1.165) is 0 Å². The Labute approximate surface area is 116 Å². The fraction of sp³-hybridized carbons (Fsp3) is 0.800. The molecule has 0 aromatic heterocycles. The Hall–Kier alpha value is -0.353. The molecule has 6 nitrogen and oxygen atoms in total. The number of ether oxygens (including phenoxy) is 1. The van der Waals surface area contributed by atoms with Crippen LogP contribution in [0.2, 0.25) is 0 Å². The van der Waals surface area contributed by atoms with Crippen LogP contribution in [-0.4, -0.2) is 30.2 Å². The quantitative estimate of drug-likeness (QED) is 0.211. The van der Waals surface area contributed by atoms with Crippen molar-refractivity contribution < 1.29 is 46.2 Å². The summed E-state index contributed by atoms with van der Waals surface area (Å²) in [7, 11) is -4.41. The average molecular weight is 266 g/mol. The van der Waals surface area contributed by atoms with E-state index in [9.17, 15) is 22.6 Å². The zero-order chi connectivity index (χ0) is 12.5. The van der Waals surface area contributed by atoms with Crippen molar-refractivity contribution in [3.63, 3.8) is 0 Å². The second-order valence-electron chi connectivity index (χ2n) is 5.16. The Morgan fingerprint density at radius 1 is 1.22 bits per heavy atom. The van der Waals surface area contributed by atoms with Gasteiger partial charge in [0.15, 0.2) is 0 Å². The van der Waals surface area contributed by atoms with E-state index in [1.165, 1.54) is 0 Å². The minimum atomic E-state index is -4.41. The number of fused-ring (bicyclic) bond motifs is 5. The van der Waals surface area contributed by atoms with Gasteiger partial charge in [-0.05, 0) is 24.2 Å². The van der Waals surface area contributed by atoms with E-state index >= 15 is 0 Å². The van der Waals surface area contributed by atoms with Gasteiger partial charge in [0.1, 0.15) is 0 Å². The molecule has 2 bridgehead atoms. The molecule has 3 fully saturated rings. The number of carbonyl (C=O) groups excluding carboxylic acids is 2. The van der Waals surface area contributed by atoms with Gasteiger partial charge in [-0.1, -0.05) is 6.92 Å². The molecular weight excluding hydrogens is 255 g/mol. The van der Waals surface area contributed by atoms with Crippen LogP contribution in [0, 0.1) is 29.6 Å². The SMILES string of the molecule is CC1C2CC(S(=O)(=O)[O-])C1C1C(=O)OC(=O)C21.[Li+]. The molecule has 0 amide bonds. The van der Waals surface area contributed by atoms with Gasteiger partial charge in [0, 0.05) is 0 Å². The summed E-state index contributed by atoms with van der Waals surface area (Å²) < 4.78 is 38.0. The van der Waals surface area contributed by atoms with Crippen LogP contribution in [0.3, 0.4) is 0 Å². The standard InChI is InChI=1S/C10H12O6S.Li/c1-3-4-2-5(17(13,14)15)6(3)8-7(4)9(11)16-10(8)12;/h3-8H,2H2,1H3,(H,13,14,15);/q;+1/p-1. The predicted molar refractivity (Wildman–Crippen MR) is 52.3 cm³/mol. The van der Waals surface area contributed by atoms with Gasteiger partial charge in [0.05, 0.1) is 27.2 Å². The summed E-state index contributed by atoms with van der Waals surface area (Å²) in [6.45, 7) is 1.80. The topological polar surface area (TPSA) is 101 Å². The van der Waals surface area contributed by atoms with Crippen LogP contribution < -0.4 is 18.9 Å². The Morgan fingerprint density at radius 2 is 1.78 bits per heavy atom. The molecule has 3 rings (SSSR count). The van der Waals surface area contributed by atoms with Crippen molar-refractivity contribution in [1.82, 2.24) is 0 Å². The molecule has 94 valence electrons. The third-order valence-corrected chi connectivity index (χ3v) is 5.84. The Bertz CT molecular complexity index is 514. The number of hydrogen-bond acceptors (Lipinski definition) is 6. The maximum Gasteiger partial charge on any atom is 1.00 e.